The van der Waals surface area contributed by atoms with Gasteiger partial charge >= 0.3 is 0 Å². The predicted octanol–water partition coefficient (Wildman–Crippen LogP) is 3.52. The lowest BCUT2D eigenvalue weighted by Crippen LogP contribution is -2.15. The highest BCUT2D eigenvalue weighted by molar-refractivity contribution is 7.92. The summed E-state index contributed by atoms with van der Waals surface area (Å²) in [4.78, 5) is 13.3. The van der Waals surface area contributed by atoms with Gasteiger partial charge in [0.05, 0.1) is 12.0 Å². The molecule has 2 aromatic heterocycles. The van der Waals surface area contributed by atoms with Gasteiger partial charge in [-0.3, -0.25) is 4.72 Å². The first-order valence-corrected chi connectivity index (χ1v) is 10.5. The van der Waals surface area contributed by atoms with Crippen molar-refractivity contribution >= 4 is 27.0 Å². The minimum Gasteiger partial charge on any atom is -0.504 e. The van der Waals surface area contributed by atoms with Gasteiger partial charge in [-0.15, -0.1) is 0 Å². The van der Waals surface area contributed by atoms with Crippen LogP contribution in [0.5, 0.6) is 11.5 Å². The number of fused-ring (bicyclic) bond motifs is 1. The molecule has 9 heteroatoms. The molecule has 2 N–H and O–H groups in total. The van der Waals surface area contributed by atoms with E-state index in [1.54, 1.807) is 42.6 Å². The maximum atomic E-state index is 13.0. The van der Waals surface area contributed by atoms with Gasteiger partial charge in [-0.25, -0.2) is 23.4 Å². The average Bonchev–Trinajstić information content (AvgIpc) is 2.74. The first-order valence-electron chi connectivity index (χ1n) is 8.97. The normalized spacial score (nSPS) is 11.4. The van der Waals surface area contributed by atoms with E-state index < -0.39 is 10.0 Å². The number of rotatable bonds is 5. The van der Waals surface area contributed by atoms with Crippen molar-refractivity contribution < 1.29 is 18.3 Å². The first kappa shape index (κ1) is 19.6. The maximum Gasteiger partial charge on any atom is 0.263 e. The highest BCUT2D eigenvalue weighted by Gasteiger charge is 2.20. The van der Waals surface area contributed by atoms with Crippen molar-refractivity contribution in [3.05, 3.63) is 66.4 Å². The zero-order valence-electron chi connectivity index (χ0n) is 16.2. The Hall–Kier alpha value is -3.72. The second-order valence-corrected chi connectivity index (χ2v) is 8.25. The smallest absolute Gasteiger partial charge is 0.263 e. The summed E-state index contributed by atoms with van der Waals surface area (Å²) in [5.41, 5.74) is 2.51. The van der Waals surface area contributed by atoms with Crippen LogP contribution in [-0.2, 0) is 10.0 Å². The second kappa shape index (κ2) is 7.60. The van der Waals surface area contributed by atoms with Gasteiger partial charge < -0.3 is 9.84 Å². The summed E-state index contributed by atoms with van der Waals surface area (Å²) in [7, 11) is -2.48. The van der Waals surface area contributed by atoms with Crippen LogP contribution in [-0.4, -0.2) is 35.6 Å². The van der Waals surface area contributed by atoms with Gasteiger partial charge in [-0.2, -0.15) is 0 Å². The molecule has 0 spiro atoms. The molecule has 4 rings (SSSR count). The van der Waals surface area contributed by atoms with Crippen molar-refractivity contribution in [3.63, 3.8) is 0 Å². The molecular formula is C21H18N4O4S. The molecule has 0 radical (unpaired) electrons. The third kappa shape index (κ3) is 3.74. The lowest BCUT2D eigenvalue weighted by atomic mass is 10.1. The Morgan fingerprint density at radius 2 is 1.80 bits per heavy atom. The van der Waals surface area contributed by atoms with Crippen LogP contribution in [0.1, 0.15) is 5.56 Å². The van der Waals surface area contributed by atoms with E-state index in [0.29, 0.717) is 16.7 Å². The van der Waals surface area contributed by atoms with E-state index >= 15 is 0 Å². The first-order chi connectivity index (χ1) is 14.4. The van der Waals surface area contributed by atoms with Crippen molar-refractivity contribution in [1.82, 2.24) is 15.0 Å². The number of aromatic hydroxyl groups is 1. The van der Waals surface area contributed by atoms with Crippen molar-refractivity contribution in [2.45, 2.75) is 11.8 Å². The minimum absolute atomic E-state index is 0.0452. The summed E-state index contributed by atoms with van der Waals surface area (Å²) in [5.74, 6) is 0.224. The Kier molecular flexibility index (Phi) is 4.96. The van der Waals surface area contributed by atoms with Gasteiger partial charge in [0.25, 0.3) is 10.0 Å². The van der Waals surface area contributed by atoms with Gasteiger partial charge in [0.2, 0.25) is 0 Å². The molecule has 0 aliphatic rings. The molecule has 8 nitrogen and oxygen atoms in total. The van der Waals surface area contributed by atoms with Crippen LogP contribution in [0.2, 0.25) is 0 Å². The Morgan fingerprint density at radius 1 is 1.03 bits per heavy atom. The number of benzene rings is 2. The summed E-state index contributed by atoms with van der Waals surface area (Å²) in [6, 6.07) is 14.5. The van der Waals surface area contributed by atoms with Crippen LogP contribution in [0.4, 0.5) is 5.82 Å². The number of anilines is 1. The standard InChI is InChI=1S/C21H18N4O4S/c1-13-5-8-15(9-6-13)30(27,28)25-21-19(14-7-10-17(26)18(12-14)29-2)24-20-16(23-21)4-3-11-22-20/h3-12,26H,1-2H3,(H,23,25). The summed E-state index contributed by atoms with van der Waals surface area (Å²) < 4.78 is 33.6. The number of ether oxygens (including phenoxy) is 1. The van der Waals surface area contributed by atoms with Gasteiger partial charge in [-0.1, -0.05) is 17.7 Å². The number of phenols is 1. The highest BCUT2D eigenvalue weighted by Crippen LogP contribution is 2.34. The third-order valence-electron chi connectivity index (χ3n) is 4.46. The monoisotopic (exact) mass is 422 g/mol. The maximum absolute atomic E-state index is 13.0. The third-order valence-corrected chi connectivity index (χ3v) is 5.81. The fraction of sp³-hybridized carbons (Fsp3) is 0.0952. The number of sulfonamides is 1. The van der Waals surface area contributed by atoms with E-state index in [-0.39, 0.29) is 27.9 Å². The summed E-state index contributed by atoms with van der Waals surface area (Å²) in [6.07, 6.45) is 1.58. The second-order valence-electron chi connectivity index (χ2n) is 6.57. The van der Waals surface area contributed by atoms with Crippen molar-refractivity contribution in [2.24, 2.45) is 0 Å². The Balaban J connectivity index is 1.88. The molecular weight excluding hydrogens is 404 g/mol. The van der Waals surface area contributed by atoms with Gasteiger partial charge in [0.1, 0.15) is 11.2 Å². The molecule has 0 bridgehead atoms. The number of pyridine rings is 1. The fourth-order valence-electron chi connectivity index (χ4n) is 2.90. The average molecular weight is 422 g/mol. The molecule has 152 valence electrons. The van der Waals surface area contributed by atoms with Gasteiger partial charge in [0, 0.05) is 11.8 Å². The highest BCUT2D eigenvalue weighted by atomic mass is 32.2. The molecule has 0 unspecified atom stereocenters. The minimum atomic E-state index is -3.91. The Bertz CT molecular complexity index is 1340. The lowest BCUT2D eigenvalue weighted by molar-refractivity contribution is 0.373. The molecule has 4 aromatic rings. The molecule has 0 aliphatic heterocycles. The zero-order chi connectivity index (χ0) is 21.3. The van der Waals surface area contributed by atoms with Crippen LogP contribution >= 0.6 is 0 Å². The molecule has 2 aromatic carbocycles. The number of phenolic OH excluding ortho intramolecular Hbond substituents is 1. The lowest BCUT2D eigenvalue weighted by Gasteiger charge is -2.13. The van der Waals surface area contributed by atoms with Crippen LogP contribution in [0.15, 0.2) is 65.7 Å². The quantitative estimate of drug-likeness (QED) is 0.506. The van der Waals surface area contributed by atoms with Crippen molar-refractivity contribution in [1.29, 1.82) is 0 Å². The number of aryl methyl sites for hydroxylation is 1. The molecule has 0 atom stereocenters. The van der Waals surface area contributed by atoms with E-state index in [4.69, 9.17) is 4.74 Å². The Morgan fingerprint density at radius 3 is 2.53 bits per heavy atom. The number of methoxy groups -OCH3 is 1. The van der Waals surface area contributed by atoms with Crippen LogP contribution < -0.4 is 9.46 Å². The summed E-state index contributed by atoms with van der Waals surface area (Å²) in [5, 5.41) is 9.90. The van der Waals surface area contributed by atoms with Gasteiger partial charge in [-0.05, 0) is 49.4 Å². The van der Waals surface area contributed by atoms with E-state index in [2.05, 4.69) is 19.7 Å². The van der Waals surface area contributed by atoms with Crippen LogP contribution in [0.25, 0.3) is 22.4 Å². The van der Waals surface area contributed by atoms with Crippen LogP contribution in [0.3, 0.4) is 0 Å². The van der Waals surface area contributed by atoms with Gasteiger partial charge in [0.15, 0.2) is 23.0 Å². The molecule has 0 saturated heterocycles. The van der Waals surface area contributed by atoms with E-state index in [1.165, 1.54) is 25.3 Å². The largest absolute Gasteiger partial charge is 0.504 e. The molecule has 0 saturated carbocycles. The molecule has 30 heavy (non-hydrogen) atoms. The molecule has 0 fully saturated rings. The molecule has 0 amide bonds. The number of hydrogen-bond donors (Lipinski definition) is 2. The van der Waals surface area contributed by atoms with Crippen molar-refractivity contribution in [3.8, 4) is 22.8 Å². The van der Waals surface area contributed by atoms with E-state index in [1.807, 2.05) is 6.92 Å². The van der Waals surface area contributed by atoms with E-state index in [0.717, 1.165) is 5.56 Å². The SMILES string of the molecule is COc1cc(-c2nc3ncccc3nc2NS(=O)(=O)c2ccc(C)cc2)ccc1O. The van der Waals surface area contributed by atoms with Crippen LogP contribution in [0, 0.1) is 6.92 Å². The van der Waals surface area contributed by atoms with E-state index in [9.17, 15) is 13.5 Å². The molecule has 2 heterocycles. The number of aromatic nitrogens is 3. The zero-order valence-corrected chi connectivity index (χ0v) is 17.0. The van der Waals surface area contributed by atoms with Crippen molar-refractivity contribution in [2.75, 3.05) is 11.8 Å². The molecule has 0 aliphatic carbocycles. The Labute approximate surface area is 173 Å². The summed E-state index contributed by atoms with van der Waals surface area (Å²) in [6.45, 7) is 1.88. The number of nitrogens with zero attached hydrogens (tertiary/aromatic N) is 3. The number of hydrogen-bond acceptors (Lipinski definition) is 7. The predicted molar refractivity (Wildman–Crippen MR) is 113 cm³/mol. The topological polar surface area (TPSA) is 114 Å². The fourth-order valence-corrected chi connectivity index (χ4v) is 3.90. The number of nitrogens with one attached hydrogen (secondary N) is 1. The summed E-state index contributed by atoms with van der Waals surface area (Å²) >= 11 is 0.